The second-order valence-electron chi connectivity index (χ2n) is 9.58. The number of aromatic nitrogens is 2. The maximum absolute atomic E-state index is 12.7. The number of hydrogen-bond donors (Lipinski definition) is 1. The van der Waals surface area contributed by atoms with Gasteiger partial charge in [0.1, 0.15) is 16.6 Å². The normalized spacial score (nSPS) is 22.8. The highest BCUT2D eigenvalue weighted by Crippen LogP contribution is 2.38. The number of halogens is 4. The van der Waals surface area contributed by atoms with Crippen LogP contribution in [0.2, 0.25) is 5.15 Å². The number of carbonyl (C=O) groups excluding carboxylic acids is 1. The summed E-state index contributed by atoms with van der Waals surface area (Å²) in [6.07, 6.45) is 2.65. The molecule has 2 aromatic rings. The van der Waals surface area contributed by atoms with E-state index in [0.29, 0.717) is 24.0 Å². The van der Waals surface area contributed by atoms with Gasteiger partial charge in [0, 0.05) is 35.6 Å². The van der Waals surface area contributed by atoms with Gasteiger partial charge in [-0.1, -0.05) is 11.6 Å². The van der Waals surface area contributed by atoms with Crippen LogP contribution in [0.15, 0.2) is 18.2 Å². The summed E-state index contributed by atoms with van der Waals surface area (Å²) in [5.74, 6) is -0.396. The van der Waals surface area contributed by atoms with Gasteiger partial charge in [-0.25, -0.2) is 14.8 Å². The Bertz CT molecular complexity index is 1240. The second kappa shape index (κ2) is 8.84. The molecule has 9 nitrogen and oxygen atoms in total. The highest BCUT2D eigenvalue weighted by Gasteiger charge is 2.49. The number of piperidine rings is 1. The average molecular weight is 537 g/mol. The van der Waals surface area contributed by atoms with Gasteiger partial charge in [-0.3, -0.25) is 0 Å². The third-order valence-corrected chi connectivity index (χ3v) is 6.94. The van der Waals surface area contributed by atoms with E-state index in [1.54, 1.807) is 4.90 Å². The Morgan fingerprint density at radius 1 is 1.14 bits per heavy atom. The van der Waals surface area contributed by atoms with Crippen molar-refractivity contribution in [2.75, 3.05) is 5.32 Å². The number of pyridine rings is 2. The van der Waals surface area contributed by atoms with Crippen LogP contribution in [-0.2, 0) is 14.9 Å². The Labute approximate surface area is 205 Å². The molecular formula is C21H24ClF3N4O5S. The number of amides is 1. The first-order valence-corrected chi connectivity index (χ1v) is 12.7. The van der Waals surface area contributed by atoms with E-state index in [-0.39, 0.29) is 34.9 Å². The van der Waals surface area contributed by atoms with Crippen molar-refractivity contribution >= 4 is 44.5 Å². The monoisotopic (exact) mass is 536 g/mol. The molecule has 2 bridgehead atoms. The van der Waals surface area contributed by atoms with Gasteiger partial charge in [0.05, 0.1) is 5.52 Å². The van der Waals surface area contributed by atoms with Crippen molar-refractivity contribution in [2.45, 2.75) is 75.7 Å². The summed E-state index contributed by atoms with van der Waals surface area (Å²) in [6.45, 7) is 5.46. The molecule has 35 heavy (non-hydrogen) atoms. The van der Waals surface area contributed by atoms with Gasteiger partial charge in [0.2, 0.25) is 5.88 Å². The van der Waals surface area contributed by atoms with E-state index < -0.39 is 27.1 Å². The standard InChI is InChI=1S/C21H24ClF3N4O5S/c1-20(2,3)33-19(30)29-12-4-5-13(29)9-11(8-12)26-18-14-6-7-17(27-15(14)10-16(22)28-18)34-35(31,32)21(23,24)25/h6-7,10-13H,4-5,8-9H2,1-3H3,(H,26,28)/t11-,12-,13+. The van der Waals surface area contributed by atoms with Gasteiger partial charge in [0.15, 0.2) is 0 Å². The summed E-state index contributed by atoms with van der Waals surface area (Å²) in [5.41, 5.74) is -6.07. The second-order valence-corrected chi connectivity index (χ2v) is 11.5. The van der Waals surface area contributed by atoms with Crippen molar-refractivity contribution in [3.63, 3.8) is 0 Å². The number of rotatable bonds is 4. The largest absolute Gasteiger partial charge is 0.534 e. The Morgan fingerprint density at radius 2 is 1.77 bits per heavy atom. The zero-order chi connectivity index (χ0) is 25.8. The summed E-state index contributed by atoms with van der Waals surface area (Å²) in [5, 5.41) is 3.75. The number of hydrogen-bond acceptors (Lipinski definition) is 8. The lowest BCUT2D eigenvalue weighted by molar-refractivity contribution is -0.0501. The number of fused-ring (bicyclic) bond motifs is 3. The molecule has 0 saturated carbocycles. The first-order valence-electron chi connectivity index (χ1n) is 10.9. The van der Waals surface area contributed by atoms with Crippen molar-refractivity contribution in [2.24, 2.45) is 0 Å². The molecule has 1 N–H and O–H groups in total. The zero-order valence-corrected chi connectivity index (χ0v) is 20.7. The van der Waals surface area contributed by atoms with Gasteiger partial charge >= 0.3 is 21.7 Å². The molecule has 3 atom stereocenters. The zero-order valence-electron chi connectivity index (χ0n) is 19.1. The minimum Gasteiger partial charge on any atom is -0.444 e. The molecule has 0 aromatic carbocycles. The van der Waals surface area contributed by atoms with Crippen molar-refractivity contribution in [1.29, 1.82) is 0 Å². The summed E-state index contributed by atoms with van der Waals surface area (Å²) < 4.78 is 70.2. The topological polar surface area (TPSA) is 111 Å². The van der Waals surface area contributed by atoms with Crippen LogP contribution in [0.3, 0.4) is 0 Å². The molecule has 4 heterocycles. The Morgan fingerprint density at radius 3 is 2.34 bits per heavy atom. The van der Waals surface area contributed by atoms with Crippen LogP contribution < -0.4 is 9.50 Å². The fraction of sp³-hybridized carbons (Fsp3) is 0.571. The molecule has 0 aliphatic carbocycles. The lowest BCUT2D eigenvalue weighted by atomic mass is 9.97. The lowest BCUT2D eigenvalue weighted by Crippen LogP contribution is -2.51. The molecule has 0 spiro atoms. The minimum absolute atomic E-state index is 0.00255. The first kappa shape index (κ1) is 25.5. The van der Waals surface area contributed by atoms with E-state index in [1.165, 1.54) is 12.1 Å². The molecule has 0 radical (unpaired) electrons. The number of carbonyl (C=O) groups is 1. The SMILES string of the molecule is CC(C)(C)OC(=O)N1[C@@H]2CC[C@H]1C[C@H](Nc1nc(Cl)cc3nc(OS(=O)(=O)C(F)(F)F)ccc13)C2. The molecule has 14 heteroatoms. The smallest absolute Gasteiger partial charge is 0.444 e. The summed E-state index contributed by atoms with van der Waals surface area (Å²) in [4.78, 5) is 22.6. The van der Waals surface area contributed by atoms with Gasteiger partial charge in [-0.2, -0.15) is 21.6 Å². The molecule has 192 valence electrons. The van der Waals surface area contributed by atoms with Gasteiger partial charge < -0.3 is 19.1 Å². The third kappa shape index (κ3) is 5.50. The summed E-state index contributed by atoms with van der Waals surface area (Å²) >= 11 is 6.10. The van der Waals surface area contributed by atoms with Crippen molar-refractivity contribution in [3.05, 3.63) is 23.4 Å². The van der Waals surface area contributed by atoms with Crippen molar-refractivity contribution in [3.8, 4) is 5.88 Å². The van der Waals surface area contributed by atoms with E-state index >= 15 is 0 Å². The van der Waals surface area contributed by atoms with E-state index in [1.807, 2.05) is 20.8 Å². The number of nitrogens with zero attached hydrogens (tertiary/aromatic N) is 3. The fourth-order valence-corrected chi connectivity index (χ4v) is 5.10. The predicted molar refractivity (Wildman–Crippen MR) is 122 cm³/mol. The van der Waals surface area contributed by atoms with E-state index in [2.05, 4.69) is 19.5 Å². The van der Waals surface area contributed by atoms with Crippen LogP contribution in [0.4, 0.5) is 23.8 Å². The van der Waals surface area contributed by atoms with E-state index in [0.717, 1.165) is 18.9 Å². The average Bonchev–Trinajstić information content (AvgIpc) is 2.96. The lowest BCUT2D eigenvalue weighted by Gasteiger charge is -2.39. The number of anilines is 1. The molecule has 2 aliphatic heterocycles. The molecule has 2 aliphatic rings. The summed E-state index contributed by atoms with van der Waals surface area (Å²) in [6, 6.07) is 3.61. The van der Waals surface area contributed by atoms with Crippen molar-refractivity contribution in [1.82, 2.24) is 14.9 Å². The molecule has 2 saturated heterocycles. The molecular weight excluding hydrogens is 513 g/mol. The van der Waals surface area contributed by atoms with Gasteiger partial charge in [-0.15, -0.1) is 0 Å². The van der Waals surface area contributed by atoms with Crippen LogP contribution in [0.25, 0.3) is 10.9 Å². The minimum atomic E-state index is -5.86. The first-order chi connectivity index (χ1) is 16.1. The Balaban J connectivity index is 1.53. The quantitative estimate of drug-likeness (QED) is 0.335. The van der Waals surface area contributed by atoms with Crippen LogP contribution in [0.5, 0.6) is 5.88 Å². The van der Waals surface area contributed by atoms with Gasteiger partial charge in [-0.05, 0) is 52.5 Å². The highest BCUT2D eigenvalue weighted by molar-refractivity contribution is 7.87. The Kier molecular flexibility index (Phi) is 6.45. The van der Waals surface area contributed by atoms with Gasteiger partial charge in [0.25, 0.3) is 0 Å². The Hall–Kier alpha value is -2.54. The van der Waals surface area contributed by atoms with Crippen LogP contribution >= 0.6 is 11.6 Å². The number of alkyl halides is 3. The van der Waals surface area contributed by atoms with Crippen LogP contribution in [0.1, 0.15) is 46.5 Å². The highest BCUT2D eigenvalue weighted by atomic mass is 35.5. The molecule has 1 amide bonds. The number of nitrogens with one attached hydrogen (secondary N) is 1. The van der Waals surface area contributed by atoms with Crippen molar-refractivity contribution < 1.29 is 35.3 Å². The fourth-order valence-electron chi connectivity index (χ4n) is 4.50. The summed E-state index contributed by atoms with van der Waals surface area (Å²) in [7, 11) is -5.86. The predicted octanol–water partition coefficient (Wildman–Crippen LogP) is 4.85. The molecule has 4 rings (SSSR count). The van der Waals surface area contributed by atoms with Crippen LogP contribution in [0, 0.1) is 0 Å². The molecule has 0 unspecified atom stereocenters. The third-order valence-electron chi connectivity index (χ3n) is 5.79. The maximum atomic E-state index is 12.7. The molecule has 2 fully saturated rings. The van der Waals surface area contributed by atoms with E-state index in [9.17, 15) is 26.4 Å². The van der Waals surface area contributed by atoms with Crippen LogP contribution in [-0.4, -0.2) is 58.6 Å². The maximum Gasteiger partial charge on any atom is 0.534 e. The van der Waals surface area contributed by atoms with E-state index in [4.69, 9.17) is 16.3 Å². The number of ether oxygens (including phenoxy) is 1. The molecule has 2 aromatic heterocycles.